The van der Waals surface area contributed by atoms with Crippen molar-refractivity contribution >= 4 is 21.9 Å². The van der Waals surface area contributed by atoms with Crippen LogP contribution in [0.15, 0.2) is 53.0 Å². The molecule has 0 unspecified atom stereocenters. The number of rotatable bonds is 3. The first-order valence-electron chi connectivity index (χ1n) is 5.86. The van der Waals surface area contributed by atoms with E-state index in [1.54, 1.807) is 12.1 Å². The van der Waals surface area contributed by atoms with E-state index in [9.17, 15) is 4.79 Å². The molecule has 0 fully saturated rings. The molecule has 0 aromatic heterocycles. The number of halogens is 1. The van der Waals surface area contributed by atoms with Crippen LogP contribution in [0.2, 0.25) is 0 Å². The number of carboxylic acid groups (broad SMARTS) is 1. The molecule has 0 amide bonds. The molecule has 2 aromatic carbocycles. The van der Waals surface area contributed by atoms with Gasteiger partial charge in [0, 0.05) is 10.0 Å². The van der Waals surface area contributed by atoms with Crippen molar-refractivity contribution in [2.24, 2.45) is 0 Å². The molecule has 0 aliphatic heterocycles. The summed E-state index contributed by atoms with van der Waals surface area (Å²) in [5.74, 6) is 5.08. The summed E-state index contributed by atoms with van der Waals surface area (Å²) >= 11 is 3.28. The van der Waals surface area contributed by atoms with Crippen molar-refractivity contribution in [1.82, 2.24) is 0 Å². The first-order chi connectivity index (χ1) is 9.66. The van der Waals surface area contributed by atoms with Crippen molar-refractivity contribution in [3.05, 3.63) is 64.1 Å². The number of carboxylic acids is 1. The average Bonchev–Trinajstić information content (AvgIpc) is 2.44. The third kappa shape index (κ3) is 3.87. The fourth-order valence-electron chi connectivity index (χ4n) is 1.57. The first-order valence-corrected chi connectivity index (χ1v) is 6.65. The lowest BCUT2D eigenvalue weighted by molar-refractivity contribution is 0.0693. The second-order valence-corrected chi connectivity index (χ2v) is 4.82. The van der Waals surface area contributed by atoms with E-state index >= 15 is 0 Å². The quantitative estimate of drug-likeness (QED) is 0.875. The Kier molecular flexibility index (Phi) is 4.80. The number of benzene rings is 2. The highest BCUT2D eigenvalue weighted by atomic mass is 79.9. The Hall–Kier alpha value is -2.25. The van der Waals surface area contributed by atoms with Gasteiger partial charge in [-0.1, -0.05) is 46.0 Å². The summed E-state index contributed by atoms with van der Waals surface area (Å²) in [5.41, 5.74) is 1.01. The molecule has 4 heteroatoms. The van der Waals surface area contributed by atoms with Gasteiger partial charge in [-0.3, -0.25) is 0 Å². The molecule has 0 heterocycles. The van der Waals surface area contributed by atoms with Gasteiger partial charge in [0.05, 0.1) is 0 Å². The fourth-order valence-corrected chi connectivity index (χ4v) is 1.91. The molecule has 0 bridgehead atoms. The minimum Gasteiger partial charge on any atom is -0.480 e. The van der Waals surface area contributed by atoms with E-state index in [1.165, 1.54) is 6.07 Å². The molecule has 0 saturated carbocycles. The van der Waals surface area contributed by atoms with Gasteiger partial charge in [0.2, 0.25) is 0 Å². The van der Waals surface area contributed by atoms with E-state index in [0.29, 0.717) is 5.75 Å². The van der Waals surface area contributed by atoms with Crippen molar-refractivity contribution in [2.75, 3.05) is 6.61 Å². The van der Waals surface area contributed by atoms with E-state index in [0.717, 1.165) is 10.0 Å². The summed E-state index contributed by atoms with van der Waals surface area (Å²) in [4.78, 5) is 11.1. The summed E-state index contributed by atoms with van der Waals surface area (Å²) in [5, 5.41) is 9.06. The second-order valence-electron chi connectivity index (χ2n) is 3.90. The van der Waals surface area contributed by atoms with Gasteiger partial charge >= 0.3 is 5.97 Å². The summed E-state index contributed by atoms with van der Waals surface area (Å²) in [7, 11) is 0. The number of ether oxygens (including phenoxy) is 1. The molecule has 0 radical (unpaired) electrons. The van der Waals surface area contributed by atoms with E-state index in [-0.39, 0.29) is 12.2 Å². The third-order valence-corrected chi connectivity index (χ3v) is 2.97. The minimum absolute atomic E-state index is 0.120. The number of aromatic carboxylic acids is 1. The molecule has 3 nitrogen and oxygen atoms in total. The predicted molar refractivity (Wildman–Crippen MR) is 79.9 cm³/mol. The standard InChI is InChI=1S/C16H11BrO3/c17-13-8-9-14(16(18)19)15(11-13)20-10-4-7-12-5-2-1-3-6-12/h1-3,5-6,8-9,11H,10H2,(H,18,19). The van der Waals surface area contributed by atoms with Crippen molar-refractivity contribution < 1.29 is 14.6 Å². The predicted octanol–water partition coefficient (Wildman–Crippen LogP) is 3.58. The van der Waals surface area contributed by atoms with E-state index < -0.39 is 5.97 Å². The van der Waals surface area contributed by atoms with Crippen LogP contribution in [0.5, 0.6) is 5.75 Å². The monoisotopic (exact) mass is 330 g/mol. The summed E-state index contributed by atoms with van der Waals surface area (Å²) in [6.07, 6.45) is 0. The highest BCUT2D eigenvalue weighted by molar-refractivity contribution is 9.10. The lowest BCUT2D eigenvalue weighted by atomic mass is 10.2. The van der Waals surface area contributed by atoms with Gasteiger partial charge in [-0.05, 0) is 30.3 Å². The van der Waals surface area contributed by atoms with Crippen LogP contribution in [-0.2, 0) is 0 Å². The van der Waals surface area contributed by atoms with Crippen molar-refractivity contribution in [3.63, 3.8) is 0 Å². The van der Waals surface area contributed by atoms with Gasteiger partial charge in [0.15, 0.2) is 0 Å². The second kappa shape index (κ2) is 6.78. The Labute approximate surface area is 125 Å². The van der Waals surface area contributed by atoms with Crippen LogP contribution in [-0.4, -0.2) is 17.7 Å². The molecular formula is C16H11BrO3. The van der Waals surface area contributed by atoms with Crippen molar-refractivity contribution in [3.8, 4) is 17.6 Å². The van der Waals surface area contributed by atoms with Crippen LogP contribution in [0.25, 0.3) is 0 Å². The molecule has 20 heavy (non-hydrogen) atoms. The van der Waals surface area contributed by atoms with Gasteiger partial charge in [-0.2, -0.15) is 0 Å². The number of hydrogen-bond acceptors (Lipinski definition) is 2. The summed E-state index contributed by atoms with van der Waals surface area (Å²) in [6, 6.07) is 14.3. The van der Waals surface area contributed by atoms with Crippen LogP contribution >= 0.6 is 15.9 Å². The van der Waals surface area contributed by atoms with Gasteiger partial charge in [-0.25, -0.2) is 4.79 Å². The number of carbonyl (C=O) groups is 1. The Morgan fingerprint density at radius 2 is 1.95 bits per heavy atom. The topological polar surface area (TPSA) is 46.5 Å². The molecule has 100 valence electrons. The Morgan fingerprint density at radius 1 is 1.20 bits per heavy atom. The zero-order chi connectivity index (χ0) is 14.4. The molecular weight excluding hydrogens is 320 g/mol. The van der Waals surface area contributed by atoms with Crippen LogP contribution in [0.4, 0.5) is 0 Å². The van der Waals surface area contributed by atoms with E-state index in [2.05, 4.69) is 27.8 Å². The molecule has 1 N–H and O–H groups in total. The maximum Gasteiger partial charge on any atom is 0.339 e. The summed E-state index contributed by atoms with van der Waals surface area (Å²) < 4.78 is 6.17. The molecule has 2 rings (SSSR count). The molecule has 2 aromatic rings. The lowest BCUT2D eigenvalue weighted by Gasteiger charge is -2.06. The van der Waals surface area contributed by atoms with Gasteiger partial charge in [-0.15, -0.1) is 0 Å². The normalized spacial score (nSPS) is 9.45. The van der Waals surface area contributed by atoms with Gasteiger partial charge < -0.3 is 9.84 Å². The highest BCUT2D eigenvalue weighted by Gasteiger charge is 2.10. The Balaban J connectivity index is 2.06. The molecule has 0 atom stereocenters. The van der Waals surface area contributed by atoms with Crippen molar-refractivity contribution in [1.29, 1.82) is 0 Å². The molecule has 0 saturated heterocycles. The average molecular weight is 331 g/mol. The maximum absolute atomic E-state index is 11.1. The van der Waals surface area contributed by atoms with E-state index in [1.807, 2.05) is 30.3 Å². The van der Waals surface area contributed by atoms with Crippen LogP contribution < -0.4 is 4.74 Å². The Bertz CT molecular complexity index is 669. The molecule has 0 spiro atoms. The van der Waals surface area contributed by atoms with Crippen LogP contribution in [0.1, 0.15) is 15.9 Å². The van der Waals surface area contributed by atoms with Crippen LogP contribution in [0.3, 0.4) is 0 Å². The summed E-state index contributed by atoms with van der Waals surface area (Å²) in [6.45, 7) is 0.131. The van der Waals surface area contributed by atoms with Crippen molar-refractivity contribution in [2.45, 2.75) is 0 Å². The van der Waals surface area contributed by atoms with Gasteiger partial charge in [0.1, 0.15) is 17.9 Å². The molecule has 0 aliphatic carbocycles. The third-order valence-electron chi connectivity index (χ3n) is 2.48. The minimum atomic E-state index is -1.02. The largest absolute Gasteiger partial charge is 0.480 e. The number of hydrogen-bond donors (Lipinski definition) is 1. The zero-order valence-corrected chi connectivity index (χ0v) is 12.1. The SMILES string of the molecule is O=C(O)c1ccc(Br)cc1OCC#Cc1ccccc1. The molecule has 0 aliphatic rings. The Morgan fingerprint density at radius 3 is 2.65 bits per heavy atom. The fraction of sp³-hybridized carbons (Fsp3) is 0.0625. The van der Waals surface area contributed by atoms with E-state index in [4.69, 9.17) is 9.84 Å². The first kappa shape index (κ1) is 14.2. The zero-order valence-electron chi connectivity index (χ0n) is 10.5. The highest BCUT2D eigenvalue weighted by Crippen LogP contribution is 2.23. The van der Waals surface area contributed by atoms with Gasteiger partial charge in [0.25, 0.3) is 0 Å². The lowest BCUT2D eigenvalue weighted by Crippen LogP contribution is -2.03. The maximum atomic E-state index is 11.1. The van der Waals surface area contributed by atoms with Crippen LogP contribution in [0, 0.1) is 11.8 Å². The smallest absolute Gasteiger partial charge is 0.339 e.